The zero-order chi connectivity index (χ0) is 13.4. The van der Waals surface area contributed by atoms with Crippen molar-refractivity contribution in [3.8, 4) is 5.69 Å². The van der Waals surface area contributed by atoms with E-state index in [1.165, 1.54) is 11.3 Å². The molecule has 0 aliphatic rings. The average Bonchev–Trinajstić information content (AvgIpc) is 3.03. The Bertz CT molecular complexity index is 786. The Hall–Kier alpha value is -2.40. The van der Waals surface area contributed by atoms with Gasteiger partial charge in [-0.15, -0.1) is 11.3 Å². The Kier molecular flexibility index (Phi) is 2.68. The number of aldehydes is 1. The molecule has 3 aromatic rings. The Morgan fingerprint density at radius 2 is 2.16 bits per heavy atom. The number of hydrogen-bond acceptors (Lipinski definition) is 3. The summed E-state index contributed by atoms with van der Waals surface area (Å²) in [4.78, 5) is 22.9. The van der Waals surface area contributed by atoms with Gasteiger partial charge in [-0.25, -0.2) is 0 Å². The highest BCUT2D eigenvalue weighted by molar-refractivity contribution is 7.12. The van der Waals surface area contributed by atoms with Crippen LogP contribution in [0.5, 0.6) is 0 Å². The highest BCUT2D eigenvalue weighted by Gasteiger charge is 2.12. The van der Waals surface area contributed by atoms with Gasteiger partial charge in [0.25, 0.3) is 5.91 Å². The van der Waals surface area contributed by atoms with E-state index in [-0.39, 0.29) is 0 Å². The van der Waals surface area contributed by atoms with Crippen LogP contribution in [0.15, 0.2) is 41.9 Å². The molecule has 0 unspecified atom stereocenters. The summed E-state index contributed by atoms with van der Waals surface area (Å²) in [6.07, 6.45) is 2.68. The van der Waals surface area contributed by atoms with Gasteiger partial charge in [0.15, 0.2) is 6.29 Å². The van der Waals surface area contributed by atoms with Gasteiger partial charge < -0.3 is 10.3 Å². The van der Waals surface area contributed by atoms with Crippen LogP contribution in [0.1, 0.15) is 20.0 Å². The maximum absolute atomic E-state index is 11.5. The van der Waals surface area contributed by atoms with Gasteiger partial charge in [-0.3, -0.25) is 9.59 Å². The van der Waals surface area contributed by atoms with Crippen molar-refractivity contribution in [2.45, 2.75) is 0 Å². The molecule has 19 heavy (non-hydrogen) atoms. The molecule has 0 spiro atoms. The van der Waals surface area contributed by atoms with Gasteiger partial charge in [0.1, 0.15) is 0 Å². The van der Waals surface area contributed by atoms with Crippen molar-refractivity contribution in [1.82, 2.24) is 4.57 Å². The highest BCUT2D eigenvalue weighted by Crippen LogP contribution is 2.26. The van der Waals surface area contributed by atoms with Gasteiger partial charge in [0.2, 0.25) is 0 Å². The number of nitrogens with two attached hydrogens (primary N) is 1. The van der Waals surface area contributed by atoms with Crippen molar-refractivity contribution in [1.29, 1.82) is 0 Å². The van der Waals surface area contributed by atoms with E-state index in [1.807, 2.05) is 28.3 Å². The number of aromatic nitrogens is 1. The minimum absolute atomic E-state index is 0.462. The molecule has 2 heterocycles. The summed E-state index contributed by atoms with van der Waals surface area (Å²) in [6.45, 7) is 0. The molecule has 2 aromatic heterocycles. The van der Waals surface area contributed by atoms with Crippen LogP contribution in [-0.4, -0.2) is 16.8 Å². The number of fused-ring (bicyclic) bond motifs is 1. The smallest absolute Gasteiger partial charge is 0.250 e. The van der Waals surface area contributed by atoms with Gasteiger partial charge in [-0.1, -0.05) is 12.1 Å². The van der Waals surface area contributed by atoms with E-state index in [0.29, 0.717) is 10.4 Å². The fourth-order valence-electron chi connectivity index (χ4n) is 2.14. The van der Waals surface area contributed by atoms with Crippen molar-refractivity contribution in [3.63, 3.8) is 0 Å². The molecule has 0 atom stereocenters. The molecule has 1 amide bonds. The largest absolute Gasteiger partial charge is 0.366 e. The summed E-state index contributed by atoms with van der Waals surface area (Å²) in [5.74, 6) is -0.462. The number of nitrogens with zero attached hydrogens (tertiary/aromatic N) is 1. The monoisotopic (exact) mass is 270 g/mol. The van der Waals surface area contributed by atoms with Gasteiger partial charge >= 0.3 is 0 Å². The molecule has 0 aliphatic carbocycles. The molecule has 5 heteroatoms. The lowest BCUT2D eigenvalue weighted by Crippen LogP contribution is -2.12. The molecule has 4 nitrogen and oxygen atoms in total. The average molecular weight is 270 g/mol. The molecule has 0 saturated carbocycles. The van der Waals surface area contributed by atoms with Gasteiger partial charge in [-0.2, -0.15) is 0 Å². The Balaban J connectivity index is 2.29. The van der Waals surface area contributed by atoms with Crippen molar-refractivity contribution in [2.24, 2.45) is 5.73 Å². The minimum atomic E-state index is -0.462. The van der Waals surface area contributed by atoms with E-state index in [0.717, 1.165) is 22.9 Å². The van der Waals surface area contributed by atoms with Crippen LogP contribution in [0.25, 0.3) is 16.6 Å². The summed E-state index contributed by atoms with van der Waals surface area (Å²) in [5, 5.41) is 2.82. The molecule has 0 radical (unpaired) electrons. The highest BCUT2D eigenvalue weighted by atomic mass is 32.1. The molecule has 0 saturated heterocycles. The third-order valence-electron chi connectivity index (χ3n) is 2.98. The second-order valence-electron chi connectivity index (χ2n) is 4.12. The normalized spacial score (nSPS) is 10.7. The van der Waals surface area contributed by atoms with Crippen LogP contribution < -0.4 is 5.73 Å². The predicted molar refractivity (Wildman–Crippen MR) is 75.1 cm³/mol. The molecular formula is C14H10N2O2S. The SMILES string of the molecule is NC(=O)c1cccc2ccn(-c3csc(C=O)c3)c12. The maximum atomic E-state index is 11.5. The number of rotatable bonds is 3. The lowest BCUT2D eigenvalue weighted by atomic mass is 10.1. The number of carbonyl (C=O) groups excluding carboxylic acids is 2. The summed E-state index contributed by atoms with van der Waals surface area (Å²) < 4.78 is 1.87. The Morgan fingerprint density at radius 3 is 2.84 bits per heavy atom. The summed E-state index contributed by atoms with van der Waals surface area (Å²) >= 11 is 1.37. The quantitative estimate of drug-likeness (QED) is 0.743. The first-order valence-electron chi connectivity index (χ1n) is 5.64. The molecule has 3 rings (SSSR count). The van der Waals surface area contributed by atoms with Crippen molar-refractivity contribution < 1.29 is 9.59 Å². The lowest BCUT2D eigenvalue weighted by Gasteiger charge is -2.05. The second kappa shape index (κ2) is 4.37. The predicted octanol–water partition coefficient (Wildman–Crippen LogP) is 2.60. The molecule has 0 aliphatic heterocycles. The number of para-hydroxylation sites is 1. The first kappa shape index (κ1) is 11.7. The summed E-state index contributed by atoms with van der Waals surface area (Å²) in [6, 6.07) is 9.13. The summed E-state index contributed by atoms with van der Waals surface area (Å²) in [5.41, 5.74) is 7.51. The summed E-state index contributed by atoms with van der Waals surface area (Å²) in [7, 11) is 0. The minimum Gasteiger partial charge on any atom is -0.366 e. The van der Waals surface area contributed by atoms with Crippen LogP contribution in [0, 0.1) is 0 Å². The first-order valence-corrected chi connectivity index (χ1v) is 6.52. The molecular weight excluding hydrogens is 260 g/mol. The van der Waals surface area contributed by atoms with Crippen molar-refractivity contribution in [2.75, 3.05) is 0 Å². The van der Waals surface area contributed by atoms with E-state index in [9.17, 15) is 9.59 Å². The molecule has 0 fully saturated rings. The number of thiophene rings is 1. The molecule has 2 N–H and O–H groups in total. The molecule has 1 aromatic carbocycles. The molecule has 0 bridgehead atoms. The van der Waals surface area contributed by atoms with Crippen molar-refractivity contribution >= 4 is 34.4 Å². The third-order valence-corrected chi connectivity index (χ3v) is 3.82. The number of amides is 1. The zero-order valence-corrected chi connectivity index (χ0v) is 10.7. The van der Waals surface area contributed by atoms with E-state index in [4.69, 9.17) is 5.73 Å². The first-order chi connectivity index (χ1) is 9.20. The van der Waals surface area contributed by atoms with Gasteiger partial charge in [-0.05, 0) is 18.2 Å². The fraction of sp³-hybridized carbons (Fsp3) is 0. The van der Waals surface area contributed by atoms with E-state index < -0.39 is 5.91 Å². The van der Waals surface area contributed by atoms with Crippen LogP contribution in [0.2, 0.25) is 0 Å². The number of carbonyl (C=O) groups is 2. The van der Waals surface area contributed by atoms with E-state index in [1.54, 1.807) is 18.2 Å². The lowest BCUT2D eigenvalue weighted by molar-refractivity contribution is 0.100. The van der Waals surface area contributed by atoms with Crippen LogP contribution in [0.3, 0.4) is 0 Å². The van der Waals surface area contributed by atoms with Crippen molar-refractivity contribution in [3.05, 3.63) is 52.3 Å². The van der Waals surface area contributed by atoms with Gasteiger partial charge in [0.05, 0.1) is 21.6 Å². The molecule has 94 valence electrons. The van der Waals surface area contributed by atoms with E-state index in [2.05, 4.69) is 0 Å². The standard InChI is InChI=1S/C14H10N2O2S/c15-14(18)12-3-1-2-9-4-5-16(13(9)12)10-6-11(7-17)19-8-10/h1-8H,(H2,15,18). The van der Waals surface area contributed by atoms with Crippen LogP contribution in [-0.2, 0) is 0 Å². The Morgan fingerprint density at radius 1 is 1.32 bits per heavy atom. The topological polar surface area (TPSA) is 65.1 Å². The number of primary amides is 1. The van der Waals surface area contributed by atoms with Crippen LogP contribution in [0.4, 0.5) is 0 Å². The Labute approximate surface area is 113 Å². The second-order valence-corrected chi connectivity index (χ2v) is 5.06. The number of hydrogen-bond donors (Lipinski definition) is 1. The maximum Gasteiger partial charge on any atom is 0.250 e. The van der Waals surface area contributed by atoms with Gasteiger partial charge in [0, 0.05) is 17.0 Å². The van der Waals surface area contributed by atoms with E-state index >= 15 is 0 Å². The fourth-order valence-corrected chi connectivity index (χ4v) is 2.82. The zero-order valence-electron chi connectivity index (χ0n) is 9.87. The third kappa shape index (κ3) is 1.84. The van der Waals surface area contributed by atoms with Crippen LogP contribution >= 0.6 is 11.3 Å². The number of benzene rings is 1.